The van der Waals surface area contributed by atoms with E-state index in [9.17, 15) is 15.0 Å². The standard InChI is InChI=1S/C21H22N2O4/c1-12-6-13(2)20-17(7-12)18(21(26)27)9-19(23-20)14-4-3-5-15(8-14)22-10-16(25)11-24/h3-9,16,22,24-25H,10-11H2,1-2H3,(H,26,27). The number of aliphatic hydroxyl groups excluding tert-OH is 2. The van der Waals surface area contributed by atoms with Gasteiger partial charge in [0.1, 0.15) is 0 Å². The number of aromatic nitrogens is 1. The third-order valence-electron chi connectivity index (χ3n) is 4.39. The SMILES string of the molecule is Cc1cc(C)c2nc(-c3cccc(NCC(O)CO)c3)cc(C(=O)O)c2c1. The molecule has 3 rings (SSSR count). The Morgan fingerprint density at radius 3 is 2.67 bits per heavy atom. The predicted molar refractivity (Wildman–Crippen MR) is 105 cm³/mol. The number of anilines is 1. The normalized spacial score (nSPS) is 12.1. The zero-order valence-corrected chi connectivity index (χ0v) is 15.2. The molecule has 1 atom stereocenters. The molecule has 0 saturated heterocycles. The van der Waals surface area contributed by atoms with E-state index in [1.54, 1.807) is 6.07 Å². The maximum absolute atomic E-state index is 11.8. The maximum Gasteiger partial charge on any atom is 0.336 e. The summed E-state index contributed by atoms with van der Waals surface area (Å²) in [7, 11) is 0. The Balaban J connectivity index is 2.08. The molecule has 0 aliphatic rings. The first-order chi connectivity index (χ1) is 12.9. The number of nitrogens with zero attached hydrogens (tertiary/aromatic N) is 1. The fourth-order valence-electron chi connectivity index (χ4n) is 3.09. The van der Waals surface area contributed by atoms with Crippen LogP contribution in [0.4, 0.5) is 5.69 Å². The first-order valence-corrected chi connectivity index (χ1v) is 8.67. The minimum Gasteiger partial charge on any atom is -0.478 e. The lowest BCUT2D eigenvalue weighted by Crippen LogP contribution is -2.22. The Labute approximate surface area is 157 Å². The van der Waals surface area contributed by atoms with Crippen molar-refractivity contribution in [2.24, 2.45) is 0 Å². The summed E-state index contributed by atoms with van der Waals surface area (Å²) in [4.78, 5) is 16.5. The fraction of sp³-hybridized carbons (Fsp3) is 0.238. The van der Waals surface area contributed by atoms with Gasteiger partial charge in [-0.1, -0.05) is 23.8 Å². The summed E-state index contributed by atoms with van der Waals surface area (Å²) in [5.41, 5.74) is 4.89. The molecule has 1 heterocycles. The highest BCUT2D eigenvalue weighted by Crippen LogP contribution is 2.29. The highest BCUT2D eigenvalue weighted by Gasteiger charge is 2.15. The Morgan fingerprint density at radius 2 is 1.96 bits per heavy atom. The van der Waals surface area contributed by atoms with E-state index in [1.165, 1.54) is 0 Å². The summed E-state index contributed by atoms with van der Waals surface area (Å²) in [6, 6.07) is 12.8. The van der Waals surface area contributed by atoms with Crippen LogP contribution in [0.1, 0.15) is 21.5 Å². The van der Waals surface area contributed by atoms with Gasteiger partial charge in [-0.15, -0.1) is 0 Å². The van der Waals surface area contributed by atoms with Gasteiger partial charge in [-0.3, -0.25) is 0 Å². The molecule has 3 aromatic rings. The fourth-order valence-corrected chi connectivity index (χ4v) is 3.09. The number of fused-ring (bicyclic) bond motifs is 1. The molecule has 0 amide bonds. The summed E-state index contributed by atoms with van der Waals surface area (Å²) in [6.45, 7) is 3.75. The van der Waals surface area contributed by atoms with E-state index >= 15 is 0 Å². The first kappa shape index (κ1) is 18.8. The molecule has 6 heteroatoms. The van der Waals surface area contributed by atoms with Crippen LogP contribution in [0, 0.1) is 13.8 Å². The second-order valence-corrected chi connectivity index (χ2v) is 6.64. The van der Waals surface area contributed by atoms with Gasteiger partial charge in [0, 0.05) is 23.2 Å². The van der Waals surface area contributed by atoms with E-state index in [-0.39, 0.29) is 18.7 Å². The number of aromatic carboxylic acids is 1. The molecule has 0 spiro atoms. The van der Waals surface area contributed by atoms with Gasteiger partial charge in [0.05, 0.1) is 29.5 Å². The van der Waals surface area contributed by atoms with Crippen molar-refractivity contribution in [3.8, 4) is 11.3 Å². The number of rotatable bonds is 6. The topological polar surface area (TPSA) is 103 Å². The largest absolute Gasteiger partial charge is 0.478 e. The van der Waals surface area contributed by atoms with Gasteiger partial charge < -0.3 is 20.6 Å². The van der Waals surface area contributed by atoms with Gasteiger partial charge in [-0.05, 0) is 43.7 Å². The van der Waals surface area contributed by atoms with Gasteiger partial charge in [0.2, 0.25) is 0 Å². The van der Waals surface area contributed by atoms with Crippen LogP contribution < -0.4 is 5.32 Å². The van der Waals surface area contributed by atoms with Crippen LogP contribution in [-0.4, -0.2) is 45.5 Å². The third kappa shape index (κ3) is 4.07. The lowest BCUT2D eigenvalue weighted by molar-refractivity contribution is 0.0699. The monoisotopic (exact) mass is 366 g/mol. The first-order valence-electron chi connectivity index (χ1n) is 8.67. The number of hydrogen-bond donors (Lipinski definition) is 4. The average Bonchev–Trinajstić information content (AvgIpc) is 2.65. The number of carboxylic acid groups (broad SMARTS) is 1. The van der Waals surface area contributed by atoms with Crippen LogP contribution in [0.25, 0.3) is 22.2 Å². The molecule has 140 valence electrons. The summed E-state index contributed by atoms with van der Waals surface area (Å²) in [5.74, 6) is -0.992. The van der Waals surface area contributed by atoms with Crippen LogP contribution in [0.5, 0.6) is 0 Å². The van der Waals surface area contributed by atoms with Gasteiger partial charge in [-0.2, -0.15) is 0 Å². The number of hydrogen-bond acceptors (Lipinski definition) is 5. The van der Waals surface area contributed by atoms with E-state index in [1.807, 2.05) is 50.2 Å². The molecular weight excluding hydrogens is 344 g/mol. The van der Waals surface area contributed by atoms with E-state index < -0.39 is 12.1 Å². The molecule has 0 fully saturated rings. The number of pyridine rings is 1. The Kier molecular flexibility index (Phi) is 5.39. The number of carbonyl (C=O) groups is 1. The second kappa shape index (κ2) is 7.73. The van der Waals surface area contributed by atoms with Crippen molar-refractivity contribution in [3.63, 3.8) is 0 Å². The third-order valence-corrected chi connectivity index (χ3v) is 4.39. The van der Waals surface area contributed by atoms with Crippen LogP contribution >= 0.6 is 0 Å². The van der Waals surface area contributed by atoms with Crippen LogP contribution in [0.15, 0.2) is 42.5 Å². The number of nitrogens with one attached hydrogen (secondary N) is 1. The highest BCUT2D eigenvalue weighted by molar-refractivity contribution is 6.04. The number of aliphatic hydroxyl groups is 2. The highest BCUT2D eigenvalue weighted by atomic mass is 16.4. The predicted octanol–water partition coefficient (Wildman–Crippen LogP) is 2.98. The van der Waals surface area contributed by atoms with Crippen LogP contribution in [0.2, 0.25) is 0 Å². The van der Waals surface area contributed by atoms with Crippen molar-refractivity contribution in [2.45, 2.75) is 20.0 Å². The van der Waals surface area contributed by atoms with E-state index in [0.29, 0.717) is 16.6 Å². The van der Waals surface area contributed by atoms with E-state index in [0.717, 1.165) is 22.4 Å². The van der Waals surface area contributed by atoms with E-state index in [2.05, 4.69) is 5.32 Å². The van der Waals surface area contributed by atoms with Crippen LogP contribution in [0.3, 0.4) is 0 Å². The van der Waals surface area contributed by atoms with Crippen LogP contribution in [-0.2, 0) is 0 Å². The van der Waals surface area contributed by atoms with Crippen molar-refractivity contribution in [1.82, 2.24) is 4.98 Å². The maximum atomic E-state index is 11.8. The Bertz CT molecular complexity index is 1000. The molecule has 6 nitrogen and oxygen atoms in total. The summed E-state index contributed by atoms with van der Waals surface area (Å²) in [6.07, 6.45) is -0.850. The zero-order valence-electron chi connectivity index (χ0n) is 15.2. The summed E-state index contributed by atoms with van der Waals surface area (Å²) in [5, 5.41) is 31.7. The molecule has 0 aliphatic carbocycles. The van der Waals surface area contributed by atoms with Crippen molar-refractivity contribution in [1.29, 1.82) is 0 Å². The molecule has 1 aromatic heterocycles. The summed E-state index contributed by atoms with van der Waals surface area (Å²) < 4.78 is 0. The van der Waals surface area contributed by atoms with Crippen molar-refractivity contribution in [3.05, 3.63) is 59.2 Å². The molecule has 0 radical (unpaired) electrons. The molecule has 2 aromatic carbocycles. The van der Waals surface area contributed by atoms with Gasteiger partial charge in [0.15, 0.2) is 0 Å². The van der Waals surface area contributed by atoms with Crippen molar-refractivity contribution < 1.29 is 20.1 Å². The molecule has 4 N–H and O–H groups in total. The molecule has 27 heavy (non-hydrogen) atoms. The van der Waals surface area contributed by atoms with Gasteiger partial charge >= 0.3 is 5.97 Å². The molecule has 0 saturated carbocycles. The molecule has 0 aliphatic heterocycles. The summed E-state index contributed by atoms with van der Waals surface area (Å²) >= 11 is 0. The average molecular weight is 366 g/mol. The Morgan fingerprint density at radius 1 is 1.19 bits per heavy atom. The lowest BCUT2D eigenvalue weighted by atomic mass is 9.99. The minimum absolute atomic E-state index is 0.212. The number of benzene rings is 2. The van der Waals surface area contributed by atoms with E-state index in [4.69, 9.17) is 10.1 Å². The molecule has 1 unspecified atom stereocenters. The van der Waals surface area contributed by atoms with Gasteiger partial charge in [-0.25, -0.2) is 9.78 Å². The minimum atomic E-state index is -0.992. The smallest absolute Gasteiger partial charge is 0.336 e. The Hall–Kier alpha value is -2.96. The molecular formula is C21H22N2O4. The number of aryl methyl sites for hydroxylation is 2. The molecule has 0 bridgehead atoms. The zero-order chi connectivity index (χ0) is 19.6. The second-order valence-electron chi connectivity index (χ2n) is 6.64. The lowest BCUT2D eigenvalue weighted by Gasteiger charge is -2.13. The number of carboxylic acids is 1. The van der Waals surface area contributed by atoms with Crippen molar-refractivity contribution >= 4 is 22.6 Å². The van der Waals surface area contributed by atoms with Crippen molar-refractivity contribution in [2.75, 3.05) is 18.5 Å². The van der Waals surface area contributed by atoms with Gasteiger partial charge in [0.25, 0.3) is 0 Å². The quantitative estimate of drug-likeness (QED) is 0.535.